The summed E-state index contributed by atoms with van der Waals surface area (Å²) >= 11 is 0. The summed E-state index contributed by atoms with van der Waals surface area (Å²) in [5, 5.41) is 2.87. The van der Waals surface area contributed by atoms with E-state index in [9.17, 15) is 4.79 Å². The van der Waals surface area contributed by atoms with Crippen molar-refractivity contribution in [3.8, 4) is 0 Å². The monoisotopic (exact) mass is 234 g/mol. The molecule has 0 bridgehead atoms. The number of rotatable bonds is 3. The number of hydrogen-bond donors (Lipinski definition) is 2. The lowest BCUT2D eigenvalue weighted by atomic mass is 10.1. The van der Waals surface area contributed by atoms with Crippen molar-refractivity contribution in [3.05, 3.63) is 30.1 Å². The van der Waals surface area contributed by atoms with Gasteiger partial charge in [-0.15, -0.1) is 0 Å². The van der Waals surface area contributed by atoms with E-state index in [0.717, 1.165) is 5.56 Å². The van der Waals surface area contributed by atoms with Gasteiger partial charge in [0.1, 0.15) is 6.04 Å². The predicted molar refractivity (Wildman–Crippen MR) is 65.1 cm³/mol. The SMILES string of the molecule is CC1CNC(=O)C(CN)N1Cc1cccnc1. The van der Waals surface area contributed by atoms with Gasteiger partial charge < -0.3 is 11.1 Å². The Morgan fingerprint density at radius 3 is 3.12 bits per heavy atom. The Balaban J connectivity index is 2.13. The highest BCUT2D eigenvalue weighted by Gasteiger charge is 2.32. The Morgan fingerprint density at radius 1 is 1.65 bits per heavy atom. The van der Waals surface area contributed by atoms with Crippen LogP contribution in [-0.2, 0) is 11.3 Å². The zero-order valence-corrected chi connectivity index (χ0v) is 9.97. The quantitative estimate of drug-likeness (QED) is 0.755. The van der Waals surface area contributed by atoms with Gasteiger partial charge in [-0.2, -0.15) is 0 Å². The first-order valence-electron chi connectivity index (χ1n) is 5.85. The summed E-state index contributed by atoms with van der Waals surface area (Å²) in [6.07, 6.45) is 3.57. The van der Waals surface area contributed by atoms with Gasteiger partial charge in [0.15, 0.2) is 0 Å². The molecule has 0 aromatic carbocycles. The molecule has 17 heavy (non-hydrogen) atoms. The molecule has 5 nitrogen and oxygen atoms in total. The molecule has 0 saturated carbocycles. The lowest BCUT2D eigenvalue weighted by Gasteiger charge is -2.39. The van der Waals surface area contributed by atoms with E-state index >= 15 is 0 Å². The number of carbonyl (C=O) groups excluding carboxylic acids is 1. The van der Waals surface area contributed by atoms with Crippen molar-refractivity contribution >= 4 is 5.91 Å². The van der Waals surface area contributed by atoms with Gasteiger partial charge in [-0.1, -0.05) is 6.07 Å². The molecular formula is C12H18N4O. The van der Waals surface area contributed by atoms with Crippen LogP contribution >= 0.6 is 0 Å². The topological polar surface area (TPSA) is 71.2 Å². The van der Waals surface area contributed by atoms with E-state index in [0.29, 0.717) is 25.7 Å². The van der Waals surface area contributed by atoms with Crippen LogP contribution in [0.1, 0.15) is 12.5 Å². The molecule has 3 N–H and O–H groups in total. The molecule has 1 amide bonds. The second-order valence-electron chi connectivity index (χ2n) is 4.38. The Bertz CT molecular complexity index is 381. The molecule has 0 radical (unpaired) electrons. The number of hydrogen-bond acceptors (Lipinski definition) is 4. The van der Waals surface area contributed by atoms with Gasteiger partial charge in [-0.3, -0.25) is 14.7 Å². The van der Waals surface area contributed by atoms with Crippen LogP contribution in [0.3, 0.4) is 0 Å². The molecule has 1 fully saturated rings. The second-order valence-corrected chi connectivity index (χ2v) is 4.38. The Labute approximate surface area is 101 Å². The number of aromatic nitrogens is 1. The Hall–Kier alpha value is -1.46. The van der Waals surface area contributed by atoms with Crippen molar-refractivity contribution in [1.29, 1.82) is 0 Å². The molecule has 1 aliphatic rings. The Morgan fingerprint density at radius 2 is 2.47 bits per heavy atom. The fourth-order valence-electron chi connectivity index (χ4n) is 2.15. The van der Waals surface area contributed by atoms with Gasteiger partial charge in [0, 0.05) is 38.1 Å². The highest BCUT2D eigenvalue weighted by Crippen LogP contribution is 2.14. The zero-order valence-electron chi connectivity index (χ0n) is 9.97. The van der Waals surface area contributed by atoms with E-state index in [4.69, 9.17) is 5.73 Å². The van der Waals surface area contributed by atoms with Crippen LogP contribution in [0, 0.1) is 0 Å². The summed E-state index contributed by atoms with van der Waals surface area (Å²) in [6, 6.07) is 3.97. The highest BCUT2D eigenvalue weighted by molar-refractivity contribution is 5.82. The van der Waals surface area contributed by atoms with Crippen LogP contribution in [0.15, 0.2) is 24.5 Å². The summed E-state index contributed by atoms with van der Waals surface area (Å²) in [7, 11) is 0. The molecular weight excluding hydrogens is 216 g/mol. The number of carbonyl (C=O) groups is 1. The van der Waals surface area contributed by atoms with Crippen molar-refractivity contribution < 1.29 is 4.79 Å². The minimum atomic E-state index is -0.237. The number of amides is 1. The average Bonchev–Trinajstić information content (AvgIpc) is 2.35. The lowest BCUT2D eigenvalue weighted by Crippen LogP contribution is -2.61. The van der Waals surface area contributed by atoms with Crippen LogP contribution < -0.4 is 11.1 Å². The molecule has 1 aromatic rings. The van der Waals surface area contributed by atoms with E-state index in [1.165, 1.54) is 0 Å². The van der Waals surface area contributed by atoms with Crippen LogP contribution in [-0.4, -0.2) is 41.0 Å². The zero-order chi connectivity index (χ0) is 12.3. The molecule has 0 spiro atoms. The summed E-state index contributed by atoms with van der Waals surface area (Å²) in [5.74, 6) is 0.0227. The second kappa shape index (κ2) is 5.25. The molecule has 92 valence electrons. The fourth-order valence-corrected chi connectivity index (χ4v) is 2.15. The summed E-state index contributed by atoms with van der Waals surface area (Å²) < 4.78 is 0. The first-order chi connectivity index (χ1) is 8.22. The molecule has 0 aliphatic carbocycles. The van der Waals surface area contributed by atoms with Gasteiger partial charge in [0.25, 0.3) is 0 Å². The van der Waals surface area contributed by atoms with Crippen molar-refractivity contribution in [3.63, 3.8) is 0 Å². The van der Waals surface area contributed by atoms with Crippen LogP contribution in [0.25, 0.3) is 0 Å². The summed E-state index contributed by atoms with van der Waals surface area (Å²) in [5.41, 5.74) is 6.79. The van der Waals surface area contributed by atoms with Crippen molar-refractivity contribution in [2.45, 2.75) is 25.6 Å². The molecule has 2 rings (SSSR count). The summed E-state index contributed by atoms with van der Waals surface area (Å²) in [6.45, 7) is 3.83. The molecule has 2 heterocycles. The fraction of sp³-hybridized carbons (Fsp3) is 0.500. The third-order valence-corrected chi connectivity index (χ3v) is 3.15. The van der Waals surface area contributed by atoms with Gasteiger partial charge in [-0.25, -0.2) is 0 Å². The van der Waals surface area contributed by atoms with E-state index in [1.807, 2.05) is 18.3 Å². The first kappa shape index (κ1) is 12.0. The first-order valence-corrected chi connectivity index (χ1v) is 5.85. The minimum Gasteiger partial charge on any atom is -0.353 e. The molecule has 1 aromatic heterocycles. The lowest BCUT2D eigenvalue weighted by molar-refractivity contribution is -0.130. The normalized spacial score (nSPS) is 25.6. The van der Waals surface area contributed by atoms with E-state index in [2.05, 4.69) is 22.1 Å². The third kappa shape index (κ3) is 2.62. The van der Waals surface area contributed by atoms with Gasteiger partial charge in [0.05, 0.1) is 0 Å². The third-order valence-electron chi connectivity index (χ3n) is 3.15. The maximum absolute atomic E-state index is 11.7. The van der Waals surface area contributed by atoms with Crippen LogP contribution in [0.2, 0.25) is 0 Å². The molecule has 5 heteroatoms. The number of pyridine rings is 1. The van der Waals surface area contributed by atoms with E-state index < -0.39 is 0 Å². The standard InChI is InChI=1S/C12H18N4O/c1-9-6-15-12(17)11(5-13)16(9)8-10-3-2-4-14-7-10/h2-4,7,9,11H,5-6,8,13H2,1H3,(H,15,17). The molecule has 2 atom stereocenters. The summed E-state index contributed by atoms with van der Waals surface area (Å²) in [4.78, 5) is 17.9. The predicted octanol–water partition coefficient (Wildman–Crippen LogP) is -0.271. The van der Waals surface area contributed by atoms with Crippen molar-refractivity contribution in [2.24, 2.45) is 5.73 Å². The number of piperazine rings is 1. The number of nitrogens with two attached hydrogens (primary N) is 1. The van der Waals surface area contributed by atoms with E-state index in [-0.39, 0.29) is 11.9 Å². The maximum atomic E-state index is 11.7. The minimum absolute atomic E-state index is 0.0227. The smallest absolute Gasteiger partial charge is 0.238 e. The van der Waals surface area contributed by atoms with Crippen LogP contribution in [0.5, 0.6) is 0 Å². The highest BCUT2D eigenvalue weighted by atomic mass is 16.2. The van der Waals surface area contributed by atoms with Gasteiger partial charge in [-0.05, 0) is 18.6 Å². The van der Waals surface area contributed by atoms with Gasteiger partial charge >= 0.3 is 0 Å². The molecule has 2 unspecified atom stereocenters. The maximum Gasteiger partial charge on any atom is 0.238 e. The van der Waals surface area contributed by atoms with Gasteiger partial charge in [0.2, 0.25) is 5.91 Å². The van der Waals surface area contributed by atoms with Crippen molar-refractivity contribution in [1.82, 2.24) is 15.2 Å². The van der Waals surface area contributed by atoms with E-state index in [1.54, 1.807) is 6.20 Å². The van der Waals surface area contributed by atoms with Crippen LogP contribution in [0.4, 0.5) is 0 Å². The van der Waals surface area contributed by atoms with Crippen molar-refractivity contribution in [2.75, 3.05) is 13.1 Å². The Kier molecular flexibility index (Phi) is 3.71. The largest absolute Gasteiger partial charge is 0.353 e. The molecule has 1 saturated heterocycles. The number of nitrogens with one attached hydrogen (secondary N) is 1. The average molecular weight is 234 g/mol. The number of nitrogens with zero attached hydrogens (tertiary/aromatic N) is 2. The molecule has 1 aliphatic heterocycles.